The summed E-state index contributed by atoms with van der Waals surface area (Å²) >= 11 is 0. The van der Waals surface area contributed by atoms with Crippen molar-refractivity contribution in [3.8, 4) is 11.5 Å². The largest absolute Gasteiger partial charge is 0.508 e. The first kappa shape index (κ1) is 13.2. The topological polar surface area (TPSA) is 82.7 Å². The summed E-state index contributed by atoms with van der Waals surface area (Å²) in [5.41, 5.74) is 0.815. The maximum Gasteiger partial charge on any atom is 0.254 e. The highest BCUT2D eigenvalue weighted by Gasteiger charge is 2.11. The number of aliphatic hydroxyl groups is 1. The van der Waals surface area contributed by atoms with Crippen molar-refractivity contribution in [2.24, 2.45) is 0 Å². The average Bonchev–Trinajstić information content (AvgIpc) is 2.34. The molecule has 0 bridgehead atoms. The molecule has 1 aromatic carbocycles. The molecule has 0 aliphatic heterocycles. The number of aliphatic hydroxyl groups excluding tert-OH is 1. The fraction of sp³-hybridized carbons (Fsp3) is 0.214. The molecule has 19 heavy (non-hydrogen) atoms. The maximum atomic E-state index is 11.7. The number of rotatable bonds is 3. The van der Waals surface area contributed by atoms with Gasteiger partial charge in [-0.05, 0) is 30.7 Å². The maximum absolute atomic E-state index is 11.7. The van der Waals surface area contributed by atoms with Crippen molar-refractivity contribution in [1.82, 2.24) is 4.57 Å². The first-order valence-electron chi connectivity index (χ1n) is 5.85. The van der Waals surface area contributed by atoms with Crippen LogP contribution in [-0.4, -0.2) is 19.9 Å². The molecule has 5 heteroatoms. The molecule has 2 aromatic rings. The average molecular weight is 261 g/mol. The quantitative estimate of drug-likeness (QED) is 0.777. The van der Waals surface area contributed by atoms with Crippen LogP contribution in [0.4, 0.5) is 0 Å². The van der Waals surface area contributed by atoms with Gasteiger partial charge in [0.05, 0.1) is 12.6 Å². The second kappa shape index (κ2) is 5.16. The van der Waals surface area contributed by atoms with Crippen molar-refractivity contribution in [2.75, 3.05) is 0 Å². The van der Waals surface area contributed by atoms with Crippen molar-refractivity contribution in [3.05, 3.63) is 58.0 Å². The Bertz CT molecular complexity index is 631. The van der Waals surface area contributed by atoms with Gasteiger partial charge in [-0.2, -0.15) is 0 Å². The van der Waals surface area contributed by atoms with Crippen molar-refractivity contribution in [2.45, 2.75) is 19.6 Å². The fourth-order valence-electron chi connectivity index (χ4n) is 1.92. The molecule has 0 amide bonds. The lowest BCUT2D eigenvalue weighted by atomic mass is 10.1. The van der Waals surface area contributed by atoms with E-state index in [1.807, 2.05) is 0 Å². The minimum absolute atomic E-state index is 0.0853. The second-order valence-corrected chi connectivity index (χ2v) is 4.41. The van der Waals surface area contributed by atoms with Gasteiger partial charge >= 0.3 is 0 Å². The second-order valence-electron chi connectivity index (χ2n) is 4.41. The summed E-state index contributed by atoms with van der Waals surface area (Å²) in [7, 11) is 0. The number of aromatic nitrogens is 1. The first-order valence-corrected chi connectivity index (χ1v) is 5.85. The molecule has 2 rings (SSSR count). The van der Waals surface area contributed by atoms with Gasteiger partial charge in [-0.15, -0.1) is 0 Å². The van der Waals surface area contributed by atoms with Gasteiger partial charge in [0, 0.05) is 11.8 Å². The third-order valence-corrected chi connectivity index (χ3v) is 2.95. The number of hydrogen-bond donors (Lipinski definition) is 3. The molecule has 0 aliphatic carbocycles. The Morgan fingerprint density at radius 1 is 1.11 bits per heavy atom. The third-order valence-electron chi connectivity index (χ3n) is 2.95. The fourth-order valence-corrected chi connectivity index (χ4v) is 1.92. The Balaban J connectivity index is 2.26. The van der Waals surface area contributed by atoms with E-state index in [2.05, 4.69) is 0 Å². The van der Waals surface area contributed by atoms with E-state index in [1.165, 1.54) is 22.8 Å². The van der Waals surface area contributed by atoms with Crippen LogP contribution in [0.3, 0.4) is 0 Å². The van der Waals surface area contributed by atoms with Crippen molar-refractivity contribution in [3.63, 3.8) is 0 Å². The summed E-state index contributed by atoms with van der Waals surface area (Å²) in [5, 5.41) is 28.6. The Hall–Kier alpha value is -2.27. The minimum Gasteiger partial charge on any atom is -0.508 e. The Morgan fingerprint density at radius 3 is 2.32 bits per heavy atom. The lowest BCUT2D eigenvalue weighted by molar-refractivity contribution is 0.154. The first-order chi connectivity index (χ1) is 8.97. The van der Waals surface area contributed by atoms with E-state index in [-0.39, 0.29) is 23.6 Å². The number of aromatic hydroxyl groups is 2. The van der Waals surface area contributed by atoms with Crippen LogP contribution in [-0.2, 0) is 6.54 Å². The third kappa shape index (κ3) is 2.95. The molecule has 0 aliphatic rings. The highest BCUT2D eigenvalue weighted by Crippen LogP contribution is 2.19. The van der Waals surface area contributed by atoms with Crippen LogP contribution in [0.5, 0.6) is 11.5 Å². The van der Waals surface area contributed by atoms with Gasteiger partial charge in [-0.3, -0.25) is 4.79 Å². The molecule has 100 valence electrons. The molecule has 1 atom stereocenters. The van der Waals surface area contributed by atoms with E-state index in [0.717, 1.165) is 6.07 Å². The molecule has 3 N–H and O–H groups in total. The zero-order valence-corrected chi connectivity index (χ0v) is 10.4. The molecular formula is C14H15NO4. The van der Waals surface area contributed by atoms with Crippen LogP contribution >= 0.6 is 0 Å². The van der Waals surface area contributed by atoms with Gasteiger partial charge in [0.1, 0.15) is 11.5 Å². The molecule has 0 spiro atoms. The molecule has 0 saturated carbocycles. The number of hydrogen-bond acceptors (Lipinski definition) is 4. The summed E-state index contributed by atoms with van der Waals surface area (Å²) in [6.45, 7) is 1.78. The van der Waals surface area contributed by atoms with Gasteiger partial charge in [-0.1, -0.05) is 12.1 Å². The summed E-state index contributed by atoms with van der Waals surface area (Å²) < 4.78 is 1.39. The smallest absolute Gasteiger partial charge is 0.254 e. The Kier molecular flexibility index (Phi) is 3.57. The van der Waals surface area contributed by atoms with Crippen LogP contribution in [0.25, 0.3) is 0 Å². The SMILES string of the molecule is Cc1cc(O)cc(=O)n1C[C@H](O)c1ccc(O)cc1. The van der Waals surface area contributed by atoms with Crippen molar-refractivity contribution in [1.29, 1.82) is 0 Å². The van der Waals surface area contributed by atoms with E-state index >= 15 is 0 Å². The lowest BCUT2D eigenvalue weighted by Gasteiger charge is -2.15. The van der Waals surface area contributed by atoms with E-state index in [1.54, 1.807) is 19.1 Å². The molecule has 0 saturated heterocycles. The van der Waals surface area contributed by atoms with E-state index < -0.39 is 6.10 Å². The van der Waals surface area contributed by atoms with Crippen LogP contribution in [0.15, 0.2) is 41.2 Å². The van der Waals surface area contributed by atoms with Crippen LogP contribution < -0.4 is 5.56 Å². The number of phenols is 1. The summed E-state index contributed by atoms with van der Waals surface area (Å²) in [6.07, 6.45) is -0.860. The molecule has 0 unspecified atom stereocenters. The standard InChI is InChI=1S/C14H15NO4/c1-9-6-12(17)7-14(19)15(9)8-13(18)10-2-4-11(16)5-3-10/h2-7,13,16-18H,8H2,1H3/t13-/m0/s1. The van der Waals surface area contributed by atoms with Crippen molar-refractivity contribution < 1.29 is 15.3 Å². The van der Waals surface area contributed by atoms with Gasteiger partial charge in [0.25, 0.3) is 5.56 Å². The molecule has 1 aromatic heterocycles. The van der Waals surface area contributed by atoms with E-state index in [0.29, 0.717) is 11.3 Å². The molecule has 1 heterocycles. The normalized spacial score (nSPS) is 12.3. The number of aryl methyl sites for hydroxylation is 1. The van der Waals surface area contributed by atoms with Crippen LogP contribution in [0.2, 0.25) is 0 Å². The van der Waals surface area contributed by atoms with Crippen LogP contribution in [0, 0.1) is 6.92 Å². The minimum atomic E-state index is -0.860. The number of nitrogens with zero attached hydrogens (tertiary/aromatic N) is 1. The van der Waals surface area contributed by atoms with Gasteiger partial charge in [0.15, 0.2) is 0 Å². The van der Waals surface area contributed by atoms with Crippen molar-refractivity contribution >= 4 is 0 Å². The highest BCUT2D eigenvalue weighted by atomic mass is 16.3. The summed E-state index contributed by atoms with van der Waals surface area (Å²) in [6, 6.07) is 8.72. The number of phenolic OH excluding ortho intramolecular Hbond substituents is 1. The van der Waals surface area contributed by atoms with Gasteiger partial charge in [-0.25, -0.2) is 0 Å². The highest BCUT2D eigenvalue weighted by molar-refractivity contribution is 5.27. The number of pyridine rings is 1. The van der Waals surface area contributed by atoms with Gasteiger partial charge in [0.2, 0.25) is 0 Å². The summed E-state index contributed by atoms with van der Waals surface area (Å²) in [5.74, 6) is 0.0341. The molecule has 5 nitrogen and oxygen atoms in total. The zero-order chi connectivity index (χ0) is 14.0. The molecule has 0 radical (unpaired) electrons. The zero-order valence-electron chi connectivity index (χ0n) is 10.4. The Morgan fingerprint density at radius 2 is 1.74 bits per heavy atom. The summed E-state index contributed by atoms with van der Waals surface area (Å²) in [4.78, 5) is 11.7. The Labute approximate surface area is 110 Å². The lowest BCUT2D eigenvalue weighted by Crippen LogP contribution is -2.24. The van der Waals surface area contributed by atoms with E-state index in [9.17, 15) is 20.1 Å². The van der Waals surface area contributed by atoms with Gasteiger partial charge < -0.3 is 19.9 Å². The number of benzene rings is 1. The van der Waals surface area contributed by atoms with Crippen LogP contribution in [0.1, 0.15) is 17.4 Å². The monoisotopic (exact) mass is 261 g/mol. The van der Waals surface area contributed by atoms with E-state index in [4.69, 9.17) is 0 Å². The predicted octanol–water partition coefficient (Wildman–Crippen LogP) is 1.30. The molecule has 0 fully saturated rings. The molecular weight excluding hydrogens is 246 g/mol. The predicted molar refractivity (Wildman–Crippen MR) is 70.2 cm³/mol.